The Morgan fingerprint density at radius 2 is 1.78 bits per heavy atom. The number of fused-ring (bicyclic) bond motifs is 1. The summed E-state index contributed by atoms with van der Waals surface area (Å²) in [5.41, 5.74) is 8.16. The van der Waals surface area contributed by atoms with Crippen LogP contribution in [0.1, 0.15) is 53.2 Å². The molecule has 1 aliphatic carbocycles. The van der Waals surface area contributed by atoms with Gasteiger partial charge in [-0.1, -0.05) is 29.8 Å². The van der Waals surface area contributed by atoms with E-state index in [-0.39, 0.29) is 18.2 Å². The molecule has 0 heterocycles. The number of carbonyl (C=O) groups is 2. The van der Waals surface area contributed by atoms with Crippen molar-refractivity contribution in [1.82, 2.24) is 5.43 Å². The predicted molar refractivity (Wildman–Crippen MR) is 108 cm³/mol. The second kappa shape index (κ2) is 8.62. The van der Waals surface area contributed by atoms with Gasteiger partial charge in [0.2, 0.25) is 5.91 Å². The summed E-state index contributed by atoms with van der Waals surface area (Å²) in [7, 11) is 0. The summed E-state index contributed by atoms with van der Waals surface area (Å²) in [6, 6.07) is 13.3. The monoisotopic (exact) mass is 363 g/mol. The molecule has 0 radical (unpaired) electrons. The van der Waals surface area contributed by atoms with E-state index in [1.165, 1.54) is 17.5 Å². The molecule has 0 fully saturated rings. The van der Waals surface area contributed by atoms with Crippen molar-refractivity contribution in [3.8, 4) is 0 Å². The van der Waals surface area contributed by atoms with E-state index in [1.807, 2.05) is 31.2 Å². The molecule has 0 bridgehead atoms. The molecule has 2 aromatic carbocycles. The lowest BCUT2D eigenvalue weighted by molar-refractivity contribution is -0.115. The molecule has 0 aromatic heterocycles. The van der Waals surface area contributed by atoms with Crippen molar-refractivity contribution >= 4 is 23.2 Å². The second-order valence-corrected chi connectivity index (χ2v) is 7.03. The number of anilines is 1. The first kappa shape index (κ1) is 18.8. The molecule has 27 heavy (non-hydrogen) atoms. The van der Waals surface area contributed by atoms with Crippen molar-refractivity contribution in [3.63, 3.8) is 0 Å². The number of benzene rings is 2. The van der Waals surface area contributed by atoms with Gasteiger partial charge < -0.3 is 5.32 Å². The minimum atomic E-state index is -0.285. The summed E-state index contributed by atoms with van der Waals surface area (Å²) in [5.74, 6) is -0.410. The highest BCUT2D eigenvalue weighted by atomic mass is 16.2. The molecule has 0 saturated heterocycles. The van der Waals surface area contributed by atoms with Crippen molar-refractivity contribution in [2.24, 2.45) is 5.10 Å². The number of nitrogens with one attached hydrogen (secondary N) is 2. The van der Waals surface area contributed by atoms with Gasteiger partial charge in [0.05, 0.1) is 6.42 Å². The molecule has 0 unspecified atom stereocenters. The normalized spacial score (nSPS) is 13.6. The summed E-state index contributed by atoms with van der Waals surface area (Å²) in [5, 5.41) is 7.04. The minimum Gasteiger partial charge on any atom is -0.325 e. The Labute approximate surface area is 159 Å². The smallest absolute Gasteiger partial charge is 0.271 e. The summed E-state index contributed by atoms with van der Waals surface area (Å²) >= 11 is 0. The van der Waals surface area contributed by atoms with Gasteiger partial charge in [-0.15, -0.1) is 0 Å². The molecular formula is C22H25N3O2. The van der Waals surface area contributed by atoms with Crippen LogP contribution in [0.5, 0.6) is 0 Å². The molecule has 5 heteroatoms. The third-order valence-corrected chi connectivity index (χ3v) is 4.75. The Hall–Kier alpha value is -2.95. The fraction of sp³-hybridized carbons (Fsp3) is 0.318. The van der Waals surface area contributed by atoms with Crippen LogP contribution in [0.4, 0.5) is 5.69 Å². The molecule has 5 nitrogen and oxygen atoms in total. The van der Waals surface area contributed by atoms with Crippen molar-refractivity contribution in [2.45, 2.75) is 46.0 Å². The van der Waals surface area contributed by atoms with Crippen LogP contribution in [0.25, 0.3) is 0 Å². The first-order chi connectivity index (χ1) is 13.0. The average molecular weight is 363 g/mol. The van der Waals surface area contributed by atoms with Gasteiger partial charge in [-0.2, -0.15) is 5.10 Å². The van der Waals surface area contributed by atoms with Crippen LogP contribution in [0.15, 0.2) is 47.6 Å². The Kier molecular flexibility index (Phi) is 6.01. The molecular weight excluding hydrogens is 338 g/mol. The number of hydrogen-bond acceptors (Lipinski definition) is 3. The lowest BCUT2D eigenvalue weighted by Crippen LogP contribution is -2.22. The standard InChI is InChI=1S/C22H25N3O2/c1-15-10-12-18(13-11-15)22(27)25-24-16(2)14-21(26)23-20-9-5-7-17-6-3-4-8-19(17)20/h5,7,9-13H,3-4,6,8,14H2,1-2H3,(H,23,26)(H,25,27)/b24-16+. The van der Waals surface area contributed by atoms with Gasteiger partial charge in [0, 0.05) is 17.0 Å². The van der Waals surface area contributed by atoms with Crippen LogP contribution in [0.3, 0.4) is 0 Å². The third kappa shape index (κ3) is 5.03. The maximum Gasteiger partial charge on any atom is 0.271 e. The van der Waals surface area contributed by atoms with Crippen LogP contribution in [0, 0.1) is 6.92 Å². The van der Waals surface area contributed by atoms with Gasteiger partial charge in [-0.05, 0) is 68.9 Å². The van der Waals surface area contributed by atoms with Gasteiger partial charge in [0.25, 0.3) is 5.91 Å². The van der Waals surface area contributed by atoms with E-state index in [0.29, 0.717) is 11.3 Å². The Morgan fingerprint density at radius 1 is 1.04 bits per heavy atom. The van der Waals surface area contributed by atoms with E-state index in [9.17, 15) is 9.59 Å². The van der Waals surface area contributed by atoms with Gasteiger partial charge in [-0.25, -0.2) is 5.43 Å². The van der Waals surface area contributed by atoms with E-state index in [0.717, 1.165) is 30.5 Å². The SMILES string of the molecule is C/C(CC(=O)Nc1cccc2c1CCCC2)=N\NC(=O)c1ccc(C)cc1. The van der Waals surface area contributed by atoms with Gasteiger partial charge in [-0.3, -0.25) is 9.59 Å². The molecule has 0 spiro atoms. The molecule has 2 N–H and O–H groups in total. The lowest BCUT2D eigenvalue weighted by Gasteiger charge is -2.19. The maximum absolute atomic E-state index is 12.4. The highest BCUT2D eigenvalue weighted by Crippen LogP contribution is 2.27. The Morgan fingerprint density at radius 3 is 2.56 bits per heavy atom. The first-order valence-corrected chi connectivity index (χ1v) is 9.34. The Balaban J connectivity index is 1.57. The van der Waals surface area contributed by atoms with E-state index in [1.54, 1.807) is 19.1 Å². The number of aryl methyl sites for hydroxylation is 2. The van der Waals surface area contributed by atoms with Crippen molar-refractivity contribution in [1.29, 1.82) is 0 Å². The highest BCUT2D eigenvalue weighted by molar-refractivity contribution is 6.06. The summed E-state index contributed by atoms with van der Waals surface area (Å²) in [6.45, 7) is 3.70. The van der Waals surface area contributed by atoms with Crippen molar-refractivity contribution in [2.75, 3.05) is 5.32 Å². The lowest BCUT2D eigenvalue weighted by atomic mass is 9.90. The summed E-state index contributed by atoms with van der Waals surface area (Å²) in [6.07, 6.45) is 4.58. The van der Waals surface area contributed by atoms with E-state index in [2.05, 4.69) is 21.9 Å². The zero-order chi connectivity index (χ0) is 19.2. The topological polar surface area (TPSA) is 70.6 Å². The second-order valence-electron chi connectivity index (χ2n) is 7.03. The zero-order valence-electron chi connectivity index (χ0n) is 15.8. The number of carbonyl (C=O) groups excluding carboxylic acids is 2. The fourth-order valence-corrected chi connectivity index (χ4v) is 3.28. The van der Waals surface area contributed by atoms with Crippen molar-refractivity contribution in [3.05, 3.63) is 64.7 Å². The zero-order valence-corrected chi connectivity index (χ0v) is 15.8. The van der Waals surface area contributed by atoms with Gasteiger partial charge in [0.15, 0.2) is 0 Å². The number of amides is 2. The van der Waals surface area contributed by atoms with Crippen LogP contribution < -0.4 is 10.7 Å². The first-order valence-electron chi connectivity index (χ1n) is 9.34. The molecule has 0 atom stereocenters. The Bertz CT molecular complexity index is 870. The minimum absolute atomic E-state index is 0.125. The summed E-state index contributed by atoms with van der Waals surface area (Å²) in [4.78, 5) is 24.4. The molecule has 2 aromatic rings. The largest absolute Gasteiger partial charge is 0.325 e. The van der Waals surface area contributed by atoms with Crippen molar-refractivity contribution < 1.29 is 9.59 Å². The number of rotatable bonds is 5. The van der Waals surface area contributed by atoms with E-state index < -0.39 is 0 Å². The van der Waals surface area contributed by atoms with E-state index in [4.69, 9.17) is 0 Å². The molecule has 0 saturated carbocycles. The molecule has 2 amide bonds. The third-order valence-electron chi connectivity index (χ3n) is 4.75. The molecule has 140 valence electrons. The molecule has 0 aliphatic heterocycles. The van der Waals surface area contributed by atoms with Gasteiger partial charge >= 0.3 is 0 Å². The fourth-order valence-electron chi connectivity index (χ4n) is 3.28. The highest BCUT2D eigenvalue weighted by Gasteiger charge is 2.15. The predicted octanol–water partition coefficient (Wildman–Crippen LogP) is 4.01. The molecule has 1 aliphatic rings. The average Bonchev–Trinajstić information content (AvgIpc) is 2.67. The quantitative estimate of drug-likeness (QED) is 0.622. The number of nitrogens with zero attached hydrogens (tertiary/aromatic N) is 1. The van der Waals surface area contributed by atoms with Crippen LogP contribution in [-0.4, -0.2) is 17.5 Å². The van der Waals surface area contributed by atoms with Gasteiger partial charge in [0.1, 0.15) is 0 Å². The van der Waals surface area contributed by atoms with Crippen LogP contribution in [-0.2, 0) is 17.6 Å². The number of hydrogen-bond donors (Lipinski definition) is 2. The van der Waals surface area contributed by atoms with E-state index >= 15 is 0 Å². The van der Waals surface area contributed by atoms with Crippen LogP contribution >= 0.6 is 0 Å². The summed E-state index contributed by atoms with van der Waals surface area (Å²) < 4.78 is 0. The van der Waals surface area contributed by atoms with Crippen LogP contribution in [0.2, 0.25) is 0 Å². The molecule has 3 rings (SSSR count). The maximum atomic E-state index is 12.4. The number of hydrazone groups is 1.